The second-order valence-electron chi connectivity index (χ2n) is 3.48. The van der Waals surface area contributed by atoms with Gasteiger partial charge in [-0.1, -0.05) is 0 Å². The molecule has 17 heavy (non-hydrogen) atoms. The van der Waals surface area contributed by atoms with E-state index in [1.807, 2.05) is 18.4 Å². The molecule has 4 nitrogen and oxygen atoms in total. The van der Waals surface area contributed by atoms with Gasteiger partial charge in [0.25, 0.3) is 0 Å². The second kappa shape index (κ2) is 7.29. The Morgan fingerprint density at radius 1 is 1.24 bits per heavy atom. The van der Waals surface area contributed by atoms with Crippen molar-refractivity contribution >= 4 is 17.4 Å². The van der Waals surface area contributed by atoms with Crippen molar-refractivity contribution in [1.29, 1.82) is 0 Å². The molecule has 1 aromatic carbocycles. The van der Waals surface area contributed by atoms with Crippen molar-refractivity contribution in [3.8, 4) is 11.5 Å². The standard InChI is InChI=1S/C12H20N2O2S/c1-15-10-8-12(17-3)11(16-2)7-9(10)14-6-4-5-13/h7-8,14H,4-6,13H2,1-3H3. The summed E-state index contributed by atoms with van der Waals surface area (Å²) in [6, 6.07) is 3.94. The summed E-state index contributed by atoms with van der Waals surface area (Å²) in [5.74, 6) is 1.68. The maximum absolute atomic E-state index is 5.47. The van der Waals surface area contributed by atoms with Gasteiger partial charge in [-0.25, -0.2) is 0 Å². The van der Waals surface area contributed by atoms with Gasteiger partial charge in [-0.2, -0.15) is 0 Å². The van der Waals surface area contributed by atoms with Crippen LogP contribution in [0.5, 0.6) is 11.5 Å². The monoisotopic (exact) mass is 256 g/mol. The van der Waals surface area contributed by atoms with Crippen LogP contribution in [0.2, 0.25) is 0 Å². The molecule has 0 unspecified atom stereocenters. The Morgan fingerprint density at radius 2 is 1.94 bits per heavy atom. The summed E-state index contributed by atoms with van der Waals surface area (Å²) in [6.45, 7) is 1.50. The molecule has 1 aromatic rings. The Hall–Kier alpha value is -1.07. The lowest BCUT2D eigenvalue weighted by Crippen LogP contribution is -2.09. The number of benzene rings is 1. The minimum absolute atomic E-state index is 0.676. The Kier molecular flexibility index (Phi) is 6.00. The van der Waals surface area contributed by atoms with Crippen molar-refractivity contribution in [2.75, 3.05) is 38.9 Å². The quantitative estimate of drug-likeness (QED) is 0.578. The van der Waals surface area contributed by atoms with Crippen molar-refractivity contribution in [3.05, 3.63) is 12.1 Å². The van der Waals surface area contributed by atoms with E-state index >= 15 is 0 Å². The van der Waals surface area contributed by atoms with Crippen LogP contribution >= 0.6 is 11.8 Å². The maximum Gasteiger partial charge on any atom is 0.143 e. The first kappa shape index (κ1) is 14.0. The smallest absolute Gasteiger partial charge is 0.143 e. The summed E-state index contributed by atoms with van der Waals surface area (Å²) in [4.78, 5) is 1.06. The molecule has 0 radical (unpaired) electrons. The molecule has 0 bridgehead atoms. The fourth-order valence-electron chi connectivity index (χ4n) is 1.49. The van der Waals surface area contributed by atoms with Gasteiger partial charge in [0.05, 0.1) is 24.8 Å². The number of thioether (sulfide) groups is 1. The Morgan fingerprint density at radius 3 is 2.47 bits per heavy atom. The van der Waals surface area contributed by atoms with E-state index in [9.17, 15) is 0 Å². The number of hydrogen-bond acceptors (Lipinski definition) is 5. The molecular formula is C12H20N2O2S. The minimum Gasteiger partial charge on any atom is -0.496 e. The molecule has 3 N–H and O–H groups in total. The topological polar surface area (TPSA) is 56.5 Å². The number of nitrogens with one attached hydrogen (secondary N) is 1. The third kappa shape index (κ3) is 3.71. The molecule has 0 fully saturated rings. The summed E-state index contributed by atoms with van der Waals surface area (Å²) < 4.78 is 10.7. The Bertz CT molecular complexity index is 359. The van der Waals surface area contributed by atoms with Crippen LogP contribution < -0.4 is 20.5 Å². The zero-order valence-electron chi connectivity index (χ0n) is 10.6. The van der Waals surface area contributed by atoms with Crippen LogP contribution in [0.25, 0.3) is 0 Å². The van der Waals surface area contributed by atoms with E-state index < -0.39 is 0 Å². The average Bonchev–Trinajstić information content (AvgIpc) is 2.38. The molecule has 0 aromatic heterocycles. The van der Waals surface area contributed by atoms with Crippen molar-refractivity contribution in [2.24, 2.45) is 5.73 Å². The summed E-state index contributed by atoms with van der Waals surface area (Å²) in [5.41, 5.74) is 6.41. The highest BCUT2D eigenvalue weighted by Crippen LogP contribution is 2.37. The van der Waals surface area contributed by atoms with Crippen molar-refractivity contribution in [2.45, 2.75) is 11.3 Å². The lowest BCUT2D eigenvalue weighted by Gasteiger charge is -2.15. The number of hydrogen-bond donors (Lipinski definition) is 2. The molecule has 0 spiro atoms. The predicted molar refractivity (Wildman–Crippen MR) is 73.5 cm³/mol. The first-order chi connectivity index (χ1) is 8.26. The van der Waals surface area contributed by atoms with Crippen LogP contribution in [-0.4, -0.2) is 33.6 Å². The Labute approximate surface area is 107 Å². The van der Waals surface area contributed by atoms with Crippen LogP contribution in [0.15, 0.2) is 17.0 Å². The SMILES string of the molecule is COc1cc(SC)c(OC)cc1NCCCN. The fourth-order valence-corrected chi connectivity index (χ4v) is 2.06. The van der Waals surface area contributed by atoms with Crippen molar-refractivity contribution < 1.29 is 9.47 Å². The van der Waals surface area contributed by atoms with Crippen LogP contribution in [0, 0.1) is 0 Å². The summed E-state index contributed by atoms with van der Waals surface area (Å²) in [5, 5.41) is 3.30. The molecule has 0 saturated carbocycles. The predicted octanol–water partition coefficient (Wildman–Crippen LogP) is 2.19. The second-order valence-corrected chi connectivity index (χ2v) is 4.32. The molecule has 1 rings (SSSR count). The summed E-state index contributed by atoms with van der Waals surface area (Å²) >= 11 is 1.63. The van der Waals surface area contributed by atoms with Crippen LogP contribution in [0.3, 0.4) is 0 Å². The number of ether oxygens (including phenoxy) is 2. The van der Waals surface area contributed by atoms with E-state index in [0.717, 1.165) is 35.0 Å². The first-order valence-electron chi connectivity index (χ1n) is 5.50. The summed E-state index contributed by atoms with van der Waals surface area (Å²) in [6.07, 6.45) is 2.94. The molecule has 0 atom stereocenters. The normalized spacial score (nSPS) is 10.1. The number of anilines is 1. The van der Waals surface area contributed by atoms with Gasteiger partial charge in [-0.05, 0) is 25.3 Å². The van der Waals surface area contributed by atoms with Crippen LogP contribution in [0.4, 0.5) is 5.69 Å². The zero-order chi connectivity index (χ0) is 12.7. The van der Waals surface area contributed by atoms with E-state index in [1.54, 1.807) is 26.0 Å². The molecule has 0 heterocycles. The minimum atomic E-state index is 0.676. The number of methoxy groups -OCH3 is 2. The molecule has 5 heteroatoms. The van der Waals surface area contributed by atoms with Gasteiger partial charge in [0.15, 0.2) is 0 Å². The van der Waals surface area contributed by atoms with Crippen LogP contribution in [-0.2, 0) is 0 Å². The highest BCUT2D eigenvalue weighted by molar-refractivity contribution is 7.98. The lowest BCUT2D eigenvalue weighted by molar-refractivity contribution is 0.395. The first-order valence-corrected chi connectivity index (χ1v) is 6.73. The largest absolute Gasteiger partial charge is 0.496 e. The van der Waals surface area contributed by atoms with Crippen LogP contribution in [0.1, 0.15) is 6.42 Å². The van der Waals surface area contributed by atoms with Gasteiger partial charge < -0.3 is 20.5 Å². The van der Waals surface area contributed by atoms with Gasteiger partial charge in [-0.3, -0.25) is 0 Å². The van der Waals surface area contributed by atoms with Gasteiger partial charge in [-0.15, -0.1) is 11.8 Å². The molecule has 96 valence electrons. The summed E-state index contributed by atoms with van der Waals surface area (Å²) in [7, 11) is 3.34. The van der Waals surface area contributed by atoms with E-state index in [2.05, 4.69) is 5.32 Å². The number of rotatable bonds is 7. The van der Waals surface area contributed by atoms with Gasteiger partial charge in [0, 0.05) is 12.6 Å². The Balaban J connectivity index is 2.93. The highest BCUT2D eigenvalue weighted by atomic mass is 32.2. The van der Waals surface area contributed by atoms with Crippen molar-refractivity contribution in [3.63, 3.8) is 0 Å². The lowest BCUT2D eigenvalue weighted by atomic mass is 10.2. The molecule has 0 aliphatic heterocycles. The number of nitrogens with two attached hydrogens (primary N) is 1. The van der Waals surface area contributed by atoms with Gasteiger partial charge in [0.1, 0.15) is 11.5 Å². The van der Waals surface area contributed by atoms with Gasteiger partial charge >= 0.3 is 0 Å². The van der Waals surface area contributed by atoms with E-state index in [0.29, 0.717) is 6.54 Å². The van der Waals surface area contributed by atoms with E-state index in [1.165, 1.54) is 0 Å². The average molecular weight is 256 g/mol. The molecule has 0 aliphatic rings. The van der Waals surface area contributed by atoms with Gasteiger partial charge in [0.2, 0.25) is 0 Å². The fraction of sp³-hybridized carbons (Fsp3) is 0.500. The highest BCUT2D eigenvalue weighted by Gasteiger charge is 2.10. The zero-order valence-corrected chi connectivity index (χ0v) is 11.4. The van der Waals surface area contributed by atoms with E-state index in [4.69, 9.17) is 15.2 Å². The molecule has 0 aliphatic carbocycles. The molecule has 0 amide bonds. The third-order valence-corrected chi connectivity index (χ3v) is 3.16. The maximum atomic E-state index is 5.47. The van der Waals surface area contributed by atoms with Crippen molar-refractivity contribution in [1.82, 2.24) is 0 Å². The third-order valence-electron chi connectivity index (χ3n) is 2.40. The molecular weight excluding hydrogens is 236 g/mol. The molecule has 0 saturated heterocycles. The van der Waals surface area contributed by atoms with E-state index in [-0.39, 0.29) is 0 Å².